The molecule has 0 saturated carbocycles. The van der Waals surface area contributed by atoms with Crippen molar-refractivity contribution < 1.29 is 23.4 Å². The number of halogens is 1. The second-order valence-electron chi connectivity index (χ2n) is 9.68. The van der Waals surface area contributed by atoms with Gasteiger partial charge in [0.2, 0.25) is 0 Å². The molecule has 0 bridgehead atoms. The Bertz CT molecular complexity index is 1190. The van der Waals surface area contributed by atoms with E-state index in [-0.39, 0.29) is 29.5 Å². The lowest BCUT2D eigenvalue weighted by molar-refractivity contribution is -0.143. The summed E-state index contributed by atoms with van der Waals surface area (Å²) in [6, 6.07) is 18.5. The average Bonchev–Trinajstić information content (AvgIpc) is 2.86. The van der Waals surface area contributed by atoms with Crippen molar-refractivity contribution in [2.24, 2.45) is 0 Å². The maximum absolute atomic E-state index is 14.9. The number of esters is 1. The van der Waals surface area contributed by atoms with E-state index < -0.39 is 0 Å². The lowest BCUT2D eigenvalue weighted by Gasteiger charge is -2.24. The number of carbonyl (C=O) groups is 1. The first-order valence-electron chi connectivity index (χ1n) is 12.1. The molecule has 0 aliphatic heterocycles. The average molecular weight is 491 g/mol. The molecule has 0 radical (unpaired) electrons. The van der Waals surface area contributed by atoms with E-state index in [0.717, 1.165) is 22.3 Å². The van der Waals surface area contributed by atoms with Gasteiger partial charge in [-0.05, 0) is 71.0 Å². The largest absolute Gasteiger partial charge is 0.497 e. The van der Waals surface area contributed by atoms with Crippen molar-refractivity contribution in [3.63, 3.8) is 0 Å². The molecular formula is C31H35FO4. The maximum atomic E-state index is 14.9. The van der Waals surface area contributed by atoms with Crippen molar-refractivity contribution >= 4 is 5.97 Å². The van der Waals surface area contributed by atoms with Gasteiger partial charge in [0.25, 0.3) is 0 Å². The monoisotopic (exact) mass is 490 g/mol. The number of benzene rings is 3. The van der Waals surface area contributed by atoms with Crippen LogP contribution in [0.4, 0.5) is 4.39 Å². The summed E-state index contributed by atoms with van der Waals surface area (Å²) in [7, 11) is 1.57. The lowest BCUT2D eigenvalue weighted by Crippen LogP contribution is -2.13. The first kappa shape index (κ1) is 27.0. The Morgan fingerprint density at radius 1 is 1.00 bits per heavy atom. The lowest BCUT2D eigenvalue weighted by atomic mass is 9.81. The molecule has 3 aromatic rings. The molecule has 0 unspecified atom stereocenters. The number of rotatable bonds is 10. The molecule has 5 heteroatoms. The summed E-state index contributed by atoms with van der Waals surface area (Å²) < 4.78 is 31.3. The number of hydrogen-bond acceptors (Lipinski definition) is 4. The van der Waals surface area contributed by atoms with Gasteiger partial charge in [0, 0.05) is 11.5 Å². The quantitative estimate of drug-likeness (QED) is 0.217. The van der Waals surface area contributed by atoms with Crippen LogP contribution >= 0.6 is 0 Å². The van der Waals surface area contributed by atoms with Crippen molar-refractivity contribution in [3.8, 4) is 22.6 Å². The summed E-state index contributed by atoms with van der Waals surface area (Å²) in [5.41, 5.74) is 4.09. The van der Waals surface area contributed by atoms with Crippen molar-refractivity contribution in [3.05, 3.63) is 95.8 Å². The van der Waals surface area contributed by atoms with Gasteiger partial charge in [-0.25, -0.2) is 4.39 Å². The topological polar surface area (TPSA) is 44.8 Å². The summed E-state index contributed by atoms with van der Waals surface area (Å²) in [5, 5.41) is 0. The van der Waals surface area contributed by atoms with E-state index in [4.69, 9.17) is 14.2 Å². The van der Waals surface area contributed by atoms with E-state index in [1.165, 1.54) is 6.07 Å². The SMILES string of the molecule is C=C[C@@H](CC(=O)OCC)c1ccc(OCc2ccc(C(C)(C)C)c(-c3cc(OC)ccc3F)c2)cc1. The number of carbonyl (C=O) groups excluding carboxylic acids is 1. The summed E-state index contributed by atoms with van der Waals surface area (Å²) in [4.78, 5) is 11.9. The third kappa shape index (κ3) is 6.75. The molecule has 0 heterocycles. The van der Waals surface area contributed by atoms with E-state index in [0.29, 0.717) is 30.3 Å². The molecule has 190 valence electrons. The Morgan fingerprint density at radius 3 is 2.31 bits per heavy atom. The minimum atomic E-state index is -0.297. The van der Waals surface area contributed by atoms with Crippen molar-refractivity contribution in [1.82, 2.24) is 0 Å². The van der Waals surface area contributed by atoms with Gasteiger partial charge in [0.1, 0.15) is 23.9 Å². The van der Waals surface area contributed by atoms with E-state index >= 15 is 0 Å². The fraction of sp³-hybridized carbons (Fsp3) is 0.323. The van der Waals surface area contributed by atoms with Crippen LogP contribution in [0.5, 0.6) is 11.5 Å². The number of ether oxygens (including phenoxy) is 3. The van der Waals surface area contributed by atoms with Crippen molar-refractivity contribution in [1.29, 1.82) is 0 Å². The number of methoxy groups -OCH3 is 1. The minimum Gasteiger partial charge on any atom is -0.497 e. The molecule has 0 aliphatic rings. The Hall–Kier alpha value is -3.60. The Labute approximate surface area is 213 Å². The molecule has 0 spiro atoms. The highest BCUT2D eigenvalue weighted by atomic mass is 19.1. The summed E-state index contributed by atoms with van der Waals surface area (Å²) in [6.07, 6.45) is 2.00. The van der Waals surface area contributed by atoms with E-state index in [1.54, 1.807) is 32.2 Å². The van der Waals surface area contributed by atoms with Gasteiger partial charge < -0.3 is 14.2 Å². The second kappa shape index (κ2) is 11.9. The smallest absolute Gasteiger partial charge is 0.306 e. The van der Waals surface area contributed by atoms with E-state index in [9.17, 15) is 9.18 Å². The maximum Gasteiger partial charge on any atom is 0.306 e. The zero-order valence-electron chi connectivity index (χ0n) is 21.8. The summed E-state index contributed by atoms with van der Waals surface area (Å²) in [5.74, 6) is 0.642. The zero-order valence-corrected chi connectivity index (χ0v) is 21.8. The van der Waals surface area contributed by atoms with Crippen LogP contribution in [0, 0.1) is 5.82 Å². The van der Waals surface area contributed by atoms with E-state index in [1.807, 2.05) is 42.5 Å². The highest BCUT2D eigenvalue weighted by Crippen LogP contribution is 2.37. The minimum absolute atomic E-state index is 0.122. The first-order valence-corrected chi connectivity index (χ1v) is 12.1. The molecular weight excluding hydrogens is 455 g/mol. The van der Waals surface area contributed by atoms with Gasteiger partial charge in [0.05, 0.1) is 20.1 Å². The van der Waals surface area contributed by atoms with Crippen LogP contribution in [0.2, 0.25) is 0 Å². The number of allylic oxidation sites excluding steroid dienone is 1. The molecule has 0 N–H and O–H groups in total. The van der Waals surface area contributed by atoms with Crippen LogP contribution < -0.4 is 9.47 Å². The Balaban J connectivity index is 1.81. The highest BCUT2D eigenvalue weighted by Gasteiger charge is 2.21. The third-order valence-electron chi connectivity index (χ3n) is 6.05. The molecule has 3 aromatic carbocycles. The van der Waals surface area contributed by atoms with Crippen LogP contribution in [0.1, 0.15) is 56.7 Å². The highest BCUT2D eigenvalue weighted by molar-refractivity contribution is 5.72. The fourth-order valence-electron chi connectivity index (χ4n) is 4.11. The van der Waals surface area contributed by atoms with Gasteiger partial charge in [0.15, 0.2) is 0 Å². The third-order valence-corrected chi connectivity index (χ3v) is 6.05. The standard InChI is InChI=1S/C31H35FO4/c1-7-22(18-30(33)35-8-2)23-10-12-24(13-11-23)36-20-21-9-15-28(31(3,4)5)26(17-21)27-19-25(34-6)14-16-29(27)32/h7,9-17,19,22H,1,8,18,20H2,2-6H3/t22-/m0/s1. The molecule has 0 fully saturated rings. The van der Waals surface area contributed by atoms with E-state index in [2.05, 4.69) is 27.4 Å². The van der Waals surface area contributed by atoms with Crippen LogP contribution in [0.15, 0.2) is 73.3 Å². The summed E-state index contributed by atoms with van der Waals surface area (Å²) >= 11 is 0. The van der Waals surface area contributed by atoms with Crippen molar-refractivity contribution in [2.75, 3.05) is 13.7 Å². The molecule has 0 amide bonds. The van der Waals surface area contributed by atoms with Crippen LogP contribution in [-0.4, -0.2) is 19.7 Å². The van der Waals surface area contributed by atoms with Crippen molar-refractivity contribution in [2.45, 2.75) is 52.1 Å². The van der Waals surface area contributed by atoms with Gasteiger partial charge in [-0.2, -0.15) is 0 Å². The predicted molar refractivity (Wildman–Crippen MR) is 142 cm³/mol. The molecule has 1 atom stereocenters. The first-order chi connectivity index (χ1) is 17.2. The Morgan fingerprint density at radius 2 is 1.69 bits per heavy atom. The normalized spacial score (nSPS) is 12.1. The summed E-state index contributed by atoms with van der Waals surface area (Å²) in [6.45, 7) is 12.7. The second-order valence-corrected chi connectivity index (χ2v) is 9.68. The molecule has 4 nitrogen and oxygen atoms in total. The molecule has 3 rings (SSSR count). The Kier molecular flexibility index (Phi) is 8.92. The van der Waals surface area contributed by atoms with Crippen LogP contribution in [0.25, 0.3) is 11.1 Å². The number of hydrogen-bond donors (Lipinski definition) is 0. The zero-order chi connectivity index (χ0) is 26.3. The van der Waals surface area contributed by atoms with Crippen LogP contribution in [-0.2, 0) is 21.6 Å². The fourth-order valence-corrected chi connectivity index (χ4v) is 4.11. The van der Waals surface area contributed by atoms with Gasteiger partial charge >= 0.3 is 5.97 Å². The van der Waals surface area contributed by atoms with Crippen LogP contribution in [0.3, 0.4) is 0 Å². The van der Waals surface area contributed by atoms with Gasteiger partial charge in [-0.3, -0.25) is 4.79 Å². The predicted octanol–water partition coefficient (Wildman–Crippen LogP) is 7.60. The molecule has 0 aliphatic carbocycles. The molecule has 36 heavy (non-hydrogen) atoms. The molecule has 0 aromatic heterocycles. The molecule has 0 saturated heterocycles. The van der Waals surface area contributed by atoms with Gasteiger partial charge in [-0.15, -0.1) is 6.58 Å². The van der Waals surface area contributed by atoms with Gasteiger partial charge in [-0.1, -0.05) is 51.1 Å².